The van der Waals surface area contributed by atoms with E-state index >= 15 is 0 Å². The molecule has 1 N–H and O–H groups in total. The molecule has 70 valence electrons. The van der Waals surface area contributed by atoms with E-state index in [2.05, 4.69) is 22.0 Å². The van der Waals surface area contributed by atoms with Gasteiger partial charge in [-0.1, -0.05) is 12.2 Å². The normalized spacial score (nSPS) is 9.62. The predicted molar refractivity (Wildman–Crippen MR) is 47.8 cm³/mol. The Labute approximate surface area is 76.5 Å². The third-order valence-electron chi connectivity index (χ3n) is 1.36. The van der Waals surface area contributed by atoms with E-state index < -0.39 is 0 Å². The van der Waals surface area contributed by atoms with Gasteiger partial charge in [0.15, 0.2) is 0 Å². The lowest BCUT2D eigenvalue weighted by molar-refractivity contribution is -0.121. The minimum absolute atomic E-state index is 0.0894. The average Bonchev–Trinajstić information content (AvgIpc) is 2.53. The molecule has 1 rings (SSSR count). The molecule has 0 saturated heterocycles. The number of amides is 1. The van der Waals surface area contributed by atoms with Crippen LogP contribution in [0.25, 0.3) is 0 Å². The van der Waals surface area contributed by atoms with Crippen LogP contribution in [0.15, 0.2) is 24.8 Å². The van der Waals surface area contributed by atoms with E-state index in [1.54, 1.807) is 0 Å². The molecule has 5 nitrogen and oxygen atoms in total. The number of nitrogens with one attached hydrogen (secondary N) is 1. The molecule has 1 aromatic rings. The van der Waals surface area contributed by atoms with E-state index in [0.29, 0.717) is 6.54 Å². The van der Waals surface area contributed by atoms with Crippen molar-refractivity contribution in [3.63, 3.8) is 0 Å². The van der Waals surface area contributed by atoms with Crippen LogP contribution < -0.4 is 5.32 Å². The monoisotopic (exact) mass is 180 g/mol. The lowest BCUT2D eigenvalue weighted by Crippen LogP contribution is -2.28. The highest BCUT2D eigenvalue weighted by molar-refractivity contribution is 5.75. The van der Waals surface area contributed by atoms with Crippen molar-refractivity contribution in [2.45, 2.75) is 13.5 Å². The van der Waals surface area contributed by atoms with Crippen LogP contribution in [0.4, 0.5) is 0 Å². The molecular formula is C8H12N4O. The fourth-order valence-electron chi connectivity index (χ4n) is 0.767. The molecule has 1 amide bonds. The Morgan fingerprint density at radius 2 is 2.46 bits per heavy atom. The predicted octanol–water partition coefficient (Wildman–Crippen LogP) is -0.0296. The molecule has 0 aliphatic carbocycles. The quantitative estimate of drug-likeness (QED) is 0.662. The van der Waals surface area contributed by atoms with Gasteiger partial charge in [0.05, 0.1) is 0 Å². The third-order valence-corrected chi connectivity index (χ3v) is 1.36. The van der Waals surface area contributed by atoms with E-state index in [1.807, 2.05) is 6.92 Å². The first-order valence-corrected chi connectivity index (χ1v) is 3.92. The first-order valence-electron chi connectivity index (χ1n) is 3.92. The molecule has 0 bridgehead atoms. The smallest absolute Gasteiger partial charge is 0.242 e. The average molecular weight is 180 g/mol. The largest absolute Gasteiger partial charge is 0.351 e. The van der Waals surface area contributed by atoms with E-state index in [0.717, 1.165) is 5.57 Å². The Hall–Kier alpha value is -1.65. The molecule has 1 heterocycles. The zero-order valence-electron chi connectivity index (χ0n) is 7.53. The molecule has 13 heavy (non-hydrogen) atoms. The van der Waals surface area contributed by atoms with Crippen LogP contribution in [0.2, 0.25) is 0 Å². The second-order valence-electron chi connectivity index (χ2n) is 2.83. The molecule has 5 heteroatoms. The summed E-state index contributed by atoms with van der Waals surface area (Å²) in [5.74, 6) is -0.0894. The maximum absolute atomic E-state index is 11.2. The van der Waals surface area contributed by atoms with Crippen LogP contribution in [0.1, 0.15) is 6.92 Å². The van der Waals surface area contributed by atoms with E-state index in [-0.39, 0.29) is 12.5 Å². The molecule has 0 aromatic carbocycles. The van der Waals surface area contributed by atoms with Gasteiger partial charge in [-0.3, -0.25) is 4.79 Å². The van der Waals surface area contributed by atoms with Crippen molar-refractivity contribution >= 4 is 5.91 Å². The van der Waals surface area contributed by atoms with Gasteiger partial charge in [0.2, 0.25) is 5.91 Å². The zero-order valence-corrected chi connectivity index (χ0v) is 7.53. The van der Waals surface area contributed by atoms with Crippen LogP contribution >= 0.6 is 0 Å². The van der Waals surface area contributed by atoms with Crippen LogP contribution in [0.5, 0.6) is 0 Å². The molecular weight excluding hydrogens is 168 g/mol. The van der Waals surface area contributed by atoms with Crippen molar-refractivity contribution in [3.8, 4) is 0 Å². The topological polar surface area (TPSA) is 59.8 Å². The minimum Gasteiger partial charge on any atom is -0.351 e. The van der Waals surface area contributed by atoms with Gasteiger partial charge in [-0.2, -0.15) is 5.10 Å². The molecule has 0 radical (unpaired) electrons. The van der Waals surface area contributed by atoms with Gasteiger partial charge in [-0.25, -0.2) is 9.67 Å². The Kier molecular flexibility index (Phi) is 3.19. The summed E-state index contributed by atoms with van der Waals surface area (Å²) in [5, 5.41) is 6.50. The van der Waals surface area contributed by atoms with Gasteiger partial charge < -0.3 is 5.32 Å². The molecule has 0 aliphatic heterocycles. The Morgan fingerprint density at radius 1 is 1.69 bits per heavy atom. The van der Waals surface area contributed by atoms with Crippen molar-refractivity contribution in [3.05, 3.63) is 24.8 Å². The van der Waals surface area contributed by atoms with Crippen LogP contribution in [-0.4, -0.2) is 27.2 Å². The number of hydrogen-bond acceptors (Lipinski definition) is 3. The molecule has 0 unspecified atom stereocenters. The Bertz CT molecular complexity index is 291. The third kappa shape index (κ3) is 3.50. The highest BCUT2D eigenvalue weighted by Gasteiger charge is 2.01. The number of rotatable bonds is 4. The summed E-state index contributed by atoms with van der Waals surface area (Å²) in [7, 11) is 0. The van der Waals surface area contributed by atoms with Gasteiger partial charge >= 0.3 is 0 Å². The fourth-order valence-corrected chi connectivity index (χ4v) is 0.767. The minimum atomic E-state index is -0.0894. The fraction of sp³-hybridized carbons (Fsp3) is 0.375. The first kappa shape index (κ1) is 9.44. The molecule has 0 spiro atoms. The van der Waals surface area contributed by atoms with Crippen molar-refractivity contribution in [2.24, 2.45) is 0 Å². The summed E-state index contributed by atoms with van der Waals surface area (Å²) in [6, 6.07) is 0. The van der Waals surface area contributed by atoms with E-state index in [4.69, 9.17) is 0 Å². The second kappa shape index (κ2) is 4.39. The van der Waals surface area contributed by atoms with E-state index in [1.165, 1.54) is 17.3 Å². The molecule has 0 atom stereocenters. The van der Waals surface area contributed by atoms with Gasteiger partial charge in [0.25, 0.3) is 0 Å². The van der Waals surface area contributed by atoms with E-state index in [9.17, 15) is 4.79 Å². The van der Waals surface area contributed by atoms with Crippen LogP contribution in [-0.2, 0) is 11.3 Å². The summed E-state index contributed by atoms with van der Waals surface area (Å²) in [6.45, 7) is 6.24. The summed E-state index contributed by atoms with van der Waals surface area (Å²) in [5.41, 5.74) is 0.923. The number of carbonyl (C=O) groups excluding carboxylic acids is 1. The van der Waals surface area contributed by atoms with Gasteiger partial charge in [0, 0.05) is 6.54 Å². The molecule has 0 fully saturated rings. The lowest BCUT2D eigenvalue weighted by Gasteiger charge is -2.03. The van der Waals surface area contributed by atoms with Crippen molar-refractivity contribution in [1.82, 2.24) is 20.1 Å². The lowest BCUT2D eigenvalue weighted by atomic mass is 10.3. The summed E-state index contributed by atoms with van der Waals surface area (Å²) in [6.07, 6.45) is 2.90. The molecule has 1 aromatic heterocycles. The second-order valence-corrected chi connectivity index (χ2v) is 2.83. The summed E-state index contributed by atoms with van der Waals surface area (Å²) in [4.78, 5) is 14.9. The Balaban J connectivity index is 2.30. The first-order chi connectivity index (χ1) is 6.18. The molecule has 0 saturated carbocycles. The Morgan fingerprint density at radius 3 is 3.00 bits per heavy atom. The van der Waals surface area contributed by atoms with Crippen molar-refractivity contribution in [2.75, 3.05) is 6.54 Å². The van der Waals surface area contributed by atoms with Gasteiger partial charge in [0.1, 0.15) is 19.2 Å². The number of nitrogens with zero attached hydrogens (tertiary/aromatic N) is 3. The number of aromatic nitrogens is 3. The van der Waals surface area contributed by atoms with Crippen LogP contribution in [0.3, 0.4) is 0 Å². The number of carbonyl (C=O) groups is 1. The van der Waals surface area contributed by atoms with Crippen molar-refractivity contribution in [1.29, 1.82) is 0 Å². The number of hydrogen-bond donors (Lipinski definition) is 1. The van der Waals surface area contributed by atoms with Gasteiger partial charge in [-0.05, 0) is 6.92 Å². The SMILES string of the molecule is C=C(C)CNC(=O)Cn1cncn1. The standard InChI is InChI=1S/C8H12N4O/c1-7(2)3-10-8(13)4-12-6-9-5-11-12/h5-6H,1,3-4H2,2H3,(H,10,13). The maximum atomic E-state index is 11.2. The highest BCUT2D eigenvalue weighted by atomic mass is 16.2. The highest BCUT2D eigenvalue weighted by Crippen LogP contribution is 1.84. The van der Waals surface area contributed by atoms with Crippen LogP contribution in [0, 0.1) is 0 Å². The molecule has 0 aliphatic rings. The zero-order chi connectivity index (χ0) is 9.68. The summed E-state index contributed by atoms with van der Waals surface area (Å²) >= 11 is 0. The maximum Gasteiger partial charge on any atom is 0.242 e. The van der Waals surface area contributed by atoms with Crippen molar-refractivity contribution < 1.29 is 4.79 Å². The summed E-state index contributed by atoms with van der Waals surface area (Å²) < 4.78 is 1.47. The van der Waals surface area contributed by atoms with Gasteiger partial charge in [-0.15, -0.1) is 0 Å².